The van der Waals surface area contributed by atoms with Crippen LogP contribution in [0.15, 0.2) is 28.2 Å². The molecule has 18 heavy (non-hydrogen) atoms. The molecule has 0 saturated carbocycles. The van der Waals surface area contributed by atoms with Crippen LogP contribution in [0.3, 0.4) is 0 Å². The van der Waals surface area contributed by atoms with Gasteiger partial charge in [-0.05, 0) is 40.5 Å². The molecule has 2 rings (SSSR count). The molecule has 2 aromatic rings. The Labute approximate surface area is 116 Å². The van der Waals surface area contributed by atoms with E-state index < -0.39 is 5.97 Å². The number of carboxylic acids is 1. The summed E-state index contributed by atoms with van der Waals surface area (Å²) in [5.74, 6) is -0.702. The van der Waals surface area contributed by atoms with Crippen molar-refractivity contribution < 1.29 is 9.90 Å². The number of nitrogens with one attached hydrogen (secondary N) is 1. The van der Waals surface area contributed by atoms with E-state index in [0.717, 1.165) is 10.2 Å². The number of halogens is 1. The highest BCUT2D eigenvalue weighted by molar-refractivity contribution is 9.11. The molecule has 0 saturated heterocycles. The molecule has 2 heterocycles. The average molecular weight is 328 g/mol. The lowest BCUT2D eigenvalue weighted by molar-refractivity contribution is 0.0697. The lowest BCUT2D eigenvalue weighted by Gasteiger charge is -2.06. The summed E-state index contributed by atoms with van der Waals surface area (Å²) in [6.45, 7) is 0.617. The first-order valence-corrected chi connectivity index (χ1v) is 6.81. The Bertz CT molecular complexity index is 559. The van der Waals surface area contributed by atoms with Crippen LogP contribution in [-0.4, -0.2) is 27.8 Å². The normalized spacial score (nSPS) is 10.3. The Hall–Kier alpha value is -1.47. The quantitative estimate of drug-likeness (QED) is 0.883. The number of rotatable bonds is 5. The van der Waals surface area contributed by atoms with Crippen LogP contribution in [0.4, 0.5) is 5.82 Å². The summed E-state index contributed by atoms with van der Waals surface area (Å²) in [5, 5.41) is 19.4. The van der Waals surface area contributed by atoms with Crippen molar-refractivity contribution in [3.63, 3.8) is 0 Å². The molecule has 2 aromatic heterocycles. The van der Waals surface area contributed by atoms with Crippen molar-refractivity contribution in [3.05, 3.63) is 38.6 Å². The summed E-state index contributed by atoms with van der Waals surface area (Å²) < 4.78 is 1.09. The second-order valence-electron chi connectivity index (χ2n) is 3.48. The van der Waals surface area contributed by atoms with Crippen molar-refractivity contribution >= 4 is 39.1 Å². The molecule has 0 fully saturated rings. The van der Waals surface area contributed by atoms with E-state index in [1.165, 1.54) is 17.1 Å². The number of hydrogen-bond donors (Lipinski definition) is 2. The Morgan fingerprint density at radius 3 is 2.94 bits per heavy atom. The fourth-order valence-electron chi connectivity index (χ4n) is 1.43. The van der Waals surface area contributed by atoms with Gasteiger partial charge in [0.25, 0.3) is 0 Å². The van der Waals surface area contributed by atoms with Gasteiger partial charge in [-0.3, -0.25) is 0 Å². The molecular weight excluding hydrogens is 318 g/mol. The smallest absolute Gasteiger partial charge is 0.339 e. The number of aromatic carboxylic acids is 1. The van der Waals surface area contributed by atoms with E-state index in [1.54, 1.807) is 11.3 Å². The third-order valence-electron chi connectivity index (χ3n) is 2.24. The molecule has 2 N–H and O–H groups in total. The van der Waals surface area contributed by atoms with Crippen molar-refractivity contribution in [1.82, 2.24) is 10.2 Å². The van der Waals surface area contributed by atoms with E-state index >= 15 is 0 Å². The van der Waals surface area contributed by atoms with E-state index in [2.05, 4.69) is 31.4 Å². The van der Waals surface area contributed by atoms with Crippen LogP contribution in [0.1, 0.15) is 15.2 Å². The maximum absolute atomic E-state index is 10.9. The van der Waals surface area contributed by atoms with Gasteiger partial charge in [-0.2, -0.15) is 5.10 Å². The van der Waals surface area contributed by atoms with Crippen LogP contribution in [0, 0.1) is 0 Å². The Balaban J connectivity index is 1.96. The molecule has 0 aromatic carbocycles. The monoisotopic (exact) mass is 327 g/mol. The molecular formula is C11H10BrN3O2S. The van der Waals surface area contributed by atoms with Crippen LogP contribution in [0.25, 0.3) is 0 Å². The van der Waals surface area contributed by atoms with Crippen LogP contribution in [0.2, 0.25) is 0 Å². The average Bonchev–Trinajstić information content (AvgIpc) is 2.75. The highest BCUT2D eigenvalue weighted by atomic mass is 79.9. The molecule has 94 valence electrons. The topological polar surface area (TPSA) is 75.1 Å². The van der Waals surface area contributed by atoms with Gasteiger partial charge in [0.05, 0.1) is 9.98 Å². The number of thiophene rings is 1. The first kappa shape index (κ1) is 13.0. The highest BCUT2D eigenvalue weighted by Crippen LogP contribution is 2.22. The van der Waals surface area contributed by atoms with Crippen LogP contribution in [-0.2, 0) is 6.42 Å². The summed E-state index contributed by atoms with van der Waals surface area (Å²) >= 11 is 5.06. The van der Waals surface area contributed by atoms with E-state index in [0.29, 0.717) is 12.4 Å². The lowest BCUT2D eigenvalue weighted by Crippen LogP contribution is -2.11. The molecule has 0 aliphatic carbocycles. The predicted octanol–water partition coefficient (Wildman–Crippen LogP) is 2.65. The molecule has 0 unspecified atom stereocenters. The molecule has 5 nitrogen and oxygen atoms in total. The van der Waals surface area contributed by atoms with Crippen LogP contribution >= 0.6 is 27.3 Å². The van der Waals surface area contributed by atoms with E-state index in [4.69, 9.17) is 5.11 Å². The standard InChI is InChI=1S/C11H10BrN3O2S/c12-9-2-1-7(18-9)3-5-13-10-8(11(16)17)4-6-14-15-10/h1-2,4,6H,3,5H2,(H,13,15)(H,16,17). The molecule has 0 aliphatic rings. The minimum absolute atomic E-state index is 0.136. The summed E-state index contributed by atoms with van der Waals surface area (Å²) in [6, 6.07) is 5.45. The second kappa shape index (κ2) is 5.92. The summed E-state index contributed by atoms with van der Waals surface area (Å²) in [4.78, 5) is 12.2. The minimum Gasteiger partial charge on any atom is -0.478 e. The zero-order valence-corrected chi connectivity index (χ0v) is 11.7. The Morgan fingerprint density at radius 2 is 2.28 bits per heavy atom. The van der Waals surface area contributed by atoms with Gasteiger partial charge in [-0.1, -0.05) is 0 Å². The fraction of sp³-hybridized carbons (Fsp3) is 0.182. The summed E-state index contributed by atoms with van der Waals surface area (Å²) in [5.41, 5.74) is 0.136. The molecule has 0 amide bonds. The van der Waals surface area contributed by atoms with Gasteiger partial charge in [-0.15, -0.1) is 16.4 Å². The maximum atomic E-state index is 10.9. The number of hydrogen-bond acceptors (Lipinski definition) is 5. The number of carbonyl (C=O) groups is 1. The van der Waals surface area contributed by atoms with Crippen molar-refractivity contribution in [3.8, 4) is 0 Å². The van der Waals surface area contributed by atoms with Crippen molar-refractivity contribution in [1.29, 1.82) is 0 Å². The predicted molar refractivity (Wildman–Crippen MR) is 73.2 cm³/mol. The molecule has 7 heteroatoms. The largest absolute Gasteiger partial charge is 0.478 e. The van der Waals surface area contributed by atoms with Crippen molar-refractivity contribution in [2.75, 3.05) is 11.9 Å². The third kappa shape index (κ3) is 3.27. The van der Waals surface area contributed by atoms with Gasteiger partial charge >= 0.3 is 5.97 Å². The Kier molecular flexibility index (Phi) is 4.27. The fourth-order valence-corrected chi connectivity index (χ4v) is 2.91. The van der Waals surface area contributed by atoms with Gasteiger partial charge in [0, 0.05) is 11.4 Å². The number of carboxylic acid groups (broad SMARTS) is 1. The van der Waals surface area contributed by atoms with Gasteiger partial charge < -0.3 is 10.4 Å². The number of anilines is 1. The lowest BCUT2D eigenvalue weighted by atomic mass is 10.2. The van der Waals surface area contributed by atoms with Crippen molar-refractivity contribution in [2.45, 2.75) is 6.42 Å². The van der Waals surface area contributed by atoms with E-state index in [9.17, 15) is 4.79 Å². The van der Waals surface area contributed by atoms with Gasteiger partial charge in [-0.25, -0.2) is 4.79 Å². The molecule has 0 aliphatic heterocycles. The molecule has 0 atom stereocenters. The van der Waals surface area contributed by atoms with Gasteiger partial charge in [0.2, 0.25) is 0 Å². The van der Waals surface area contributed by atoms with Crippen LogP contribution in [0.5, 0.6) is 0 Å². The maximum Gasteiger partial charge on any atom is 0.339 e. The zero-order valence-electron chi connectivity index (χ0n) is 9.26. The Morgan fingerprint density at radius 1 is 1.44 bits per heavy atom. The number of aromatic nitrogens is 2. The first-order chi connectivity index (χ1) is 8.66. The minimum atomic E-state index is -1.01. The van der Waals surface area contributed by atoms with E-state index in [1.807, 2.05) is 12.1 Å². The SMILES string of the molecule is O=C(O)c1ccnnc1NCCc1ccc(Br)s1. The van der Waals surface area contributed by atoms with Crippen LogP contribution < -0.4 is 5.32 Å². The number of nitrogens with zero attached hydrogens (tertiary/aromatic N) is 2. The second-order valence-corrected chi connectivity index (χ2v) is 6.03. The summed E-state index contributed by atoms with van der Waals surface area (Å²) in [7, 11) is 0. The third-order valence-corrected chi connectivity index (χ3v) is 3.93. The highest BCUT2D eigenvalue weighted by Gasteiger charge is 2.10. The molecule has 0 spiro atoms. The van der Waals surface area contributed by atoms with Crippen molar-refractivity contribution in [2.24, 2.45) is 0 Å². The first-order valence-electron chi connectivity index (χ1n) is 5.20. The summed E-state index contributed by atoms with van der Waals surface area (Å²) in [6.07, 6.45) is 2.18. The van der Waals surface area contributed by atoms with Gasteiger partial charge in [0.1, 0.15) is 5.56 Å². The van der Waals surface area contributed by atoms with E-state index in [-0.39, 0.29) is 5.56 Å². The van der Waals surface area contributed by atoms with Gasteiger partial charge in [0.15, 0.2) is 5.82 Å². The molecule has 0 bridgehead atoms. The zero-order chi connectivity index (χ0) is 13.0. The molecule has 0 radical (unpaired) electrons.